The van der Waals surface area contributed by atoms with Gasteiger partial charge in [-0.25, -0.2) is 9.37 Å². The van der Waals surface area contributed by atoms with E-state index in [0.717, 1.165) is 30.9 Å². The number of imidazole rings is 1. The summed E-state index contributed by atoms with van der Waals surface area (Å²) in [6.07, 6.45) is 3.76. The van der Waals surface area contributed by atoms with E-state index in [1.807, 2.05) is 17.5 Å². The van der Waals surface area contributed by atoms with Gasteiger partial charge in [0.15, 0.2) is 0 Å². The topological polar surface area (TPSA) is 29.3 Å². The van der Waals surface area contributed by atoms with Gasteiger partial charge in [-0.1, -0.05) is 13.8 Å². The van der Waals surface area contributed by atoms with E-state index < -0.39 is 0 Å². The summed E-state index contributed by atoms with van der Waals surface area (Å²) in [6, 6.07) is 3.21. The van der Waals surface area contributed by atoms with E-state index in [0.29, 0.717) is 12.1 Å². The molecule has 2 rings (SSSR count). The number of pyridine rings is 1. The van der Waals surface area contributed by atoms with E-state index in [1.165, 1.54) is 6.07 Å². The number of hydrogen-bond acceptors (Lipinski definition) is 2. The highest BCUT2D eigenvalue weighted by Crippen LogP contribution is 2.17. The van der Waals surface area contributed by atoms with Crippen molar-refractivity contribution in [2.45, 2.75) is 33.2 Å². The Hall–Kier alpha value is -1.42. The maximum atomic E-state index is 13.8. The first-order valence-electron chi connectivity index (χ1n) is 6.13. The van der Waals surface area contributed by atoms with Crippen LogP contribution in [0.5, 0.6) is 0 Å². The van der Waals surface area contributed by atoms with E-state index in [2.05, 4.69) is 17.2 Å². The zero-order valence-corrected chi connectivity index (χ0v) is 10.3. The summed E-state index contributed by atoms with van der Waals surface area (Å²) in [7, 11) is 0. The van der Waals surface area contributed by atoms with Gasteiger partial charge < -0.3 is 9.72 Å². The summed E-state index contributed by atoms with van der Waals surface area (Å²) >= 11 is 0. The van der Waals surface area contributed by atoms with Gasteiger partial charge in [0.1, 0.15) is 17.2 Å². The molecule has 1 N–H and O–H groups in total. The number of rotatable bonds is 5. The van der Waals surface area contributed by atoms with Crippen LogP contribution in [0.1, 0.15) is 31.8 Å². The molecule has 92 valence electrons. The molecule has 2 aromatic heterocycles. The van der Waals surface area contributed by atoms with Gasteiger partial charge in [-0.2, -0.15) is 0 Å². The zero-order chi connectivity index (χ0) is 12.3. The molecule has 0 saturated heterocycles. The molecule has 2 heterocycles. The lowest BCUT2D eigenvalue weighted by Crippen LogP contribution is -2.12. The quantitative estimate of drug-likeness (QED) is 0.863. The van der Waals surface area contributed by atoms with Crippen LogP contribution in [0.2, 0.25) is 0 Å². The summed E-state index contributed by atoms with van der Waals surface area (Å²) in [4.78, 5) is 4.54. The number of aromatic nitrogens is 2. The molecule has 0 aliphatic rings. The van der Waals surface area contributed by atoms with Gasteiger partial charge in [0.2, 0.25) is 0 Å². The number of aryl methyl sites for hydroxylation is 1. The van der Waals surface area contributed by atoms with Crippen molar-refractivity contribution >= 4 is 5.52 Å². The van der Waals surface area contributed by atoms with Gasteiger partial charge in [-0.05, 0) is 25.1 Å². The first kappa shape index (κ1) is 12.0. The molecule has 0 bridgehead atoms. The summed E-state index contributed by atoms with van der Waals surface area (Å²) in [5, 5.41) is 3.20. The van der Waals surface area contributed by atoms with Crippen molar-refractivity contribution < 1.29 is 4.39 Å². The number of nitrogens with zero attached hydrogens (tertiary/aromatic N) is 2. The highest BCUT2D eigenvalue weighted by Gasteiger charge is 2.13. The van der Waals surface area contributed by atoms with Crippen LogP contribution in [0.15, 0.2) is 18.3 Å². The van der Waals surface area contributed by atoms with Gasteiger partial charge in [0.25, 0.3) is 0 Å². The van der Waals surface area contributed by atoms with Crippen molar-refractivity contribution in [2.75, 3.05) is 6.54 Å². The lowest BCUT2D eigenvalue weighted by molar-refractivity contribution is 0.629. The second kappa shape index (κ2) is 5.27. The molecule has 3 nitrogen and oxygen atoms in total. The molecule has 2 aromatic rings. The molecule has 0 aromatic carbocycles. The Morgan fingerprint density at radius 3 is 2.94 bits per heavy atom. The van der Waals surface area contributed by atoms with Gasteiger partial charge in [0, 0.05) is 19.2 Å². The fourth-order valence-corrected chi connectivity index (χ4v) is 2.00. The maximum Gasteiger partial charge on any atom is 0.149 e. The first-order chi connectivity index (χ1) is 8.27. The van der Waals surface area contributed by atoms with Gasteiger partial charge in [-0.15, -0.1) is 0 Å². The van der Waals surface area contributed by atoms with Crippen LogP contribution in [0.3, 0.4) is 0 Å². The molecule has 0 aliphatic heterocycles. The molecule has 0 saturated carbocycles. The summed E-state index contributed by atoms with van der Waals surface area (Å²) < 4.78 is 15.7. The monoisotopic (exact) mass is 235 g/mol. The Labute approximate surface area is 101 Å². The molecular formula is C13H18FN3. The molecule has 17 heavy (non-hydrogen) atoms. The van der Waals surface area contributed by atoms with Crippen molar-refractivity contribution in [3.63, 3.8) is 0 Å². The first-order valence-corrected chi connectivity index (χ1v) is 6.13. The van der Waals surface area contributed by atoms with Crippen molar-refractivity contribution in [3.05, 3.63) is 35.7 Å². The smallest absolute Gasteiger partial charge is 0.149 e. The molecule has 0 aliphatic carbocycles. The van der Waals surface area contributed by atoms with Crippen LogP contribution in [0.25, 0.3) is 5.52 Å². The van der Waals surface area contributed by atoms with Crippen LogP contribution >= 0.6 is 0 Å². The standard InChI is InChI=1S/C13H18FN3/c1-3-6-12-16-11(9-15-4-2)13-10(14)7-5-8-17(12)13/h5,7-8,15H,3-4,6,9H2,1-2H3. The van der Waals surface area contributed by atoms with Crippen molar-refractivity contribution in [1.29, 1.82) is 0 Å². The Bertz CT molecular complexity index is 505. The average molecular weight is 235 g/mol. The Morgan fingerprint density at radius 2 is 2.24 bits per heavy atom. The van der Waals surface area contributed by atoms with E-state index in [-0.39, 0.29) is 5.82 Å². The SMILES string of the molecule is CCCc1nc(CNCC)c2c(F)cccn12. The second-order valence-corrected chi connectivity index (χ2v) is 4.08. The number of fused-ring (bicyclic) bond motifs is 1. The third-order valence-electron chi connectivity index (χ3n) is 2.78. The molecule has 0 radical (unpaired) electrons. The van der Waals surface area contributed by atoms with E-state index >= 15 is 0 Å². The molecule has 0 fully saturated rings. The molecule has 4 heteroatoms. The van der Waals surface area contributed by atoms with Crippen LogP contribution < -0.4 is 5.32 Å². The average Bonchev–Trinajstić information content (AvgIpc) is 2.67. The number of halogens is 1. The molecule has 0 spiro atoms. The maximum absolute atomic E-state index is 13.8. The van der Waals surface area contributed by atoms with Crippen LogP contribution in [-0.4, -0.2) is 15.9 Å². The van der Waals surface area contributed by atoms with Crippen LogP contribution in [-0.2, 0) is 13.0 Å². The van der Waals surface area contributed by atoms with Crippen molar-refractivity contribution in [3.8, 4) is 0 Å². The summed E-state index contributed by atoms with van der Waals surface area (Å²) in [6.45, 7) is 5.60. The minimum Gasteiger partial charge on any atom is -0.311 e. The highest BCUT2D eigenvalue weighted by molar-refractivity contribution is 5.54. The Kier molecular flexibility index (Phi) is 3.74. The molecule has 0 atom stereocenters. The largest absolute Gasteiger partial charge is 0.311 e. The van der Waals surface area contributed by atoms with Gasteiger partial charge >= 0.3 is 0 Å². The third kappa shape index (κ3) is 2.31. The summed E-state index contributed by atoms with van der Waals surface area (Å²) in [5.74, 6) is 0.741. The predicted molar refractivity (Wildman–Crippen MR) is 66.5 cm³/mol. The van der Waals surface area contributed by atoms with Crippen molar-refractivity contribution in [1.82, 2.24) is 14.7 Å². The van der Waals surface area contributed by atoms with Crippen LogP contribution in [0.4, 0.5) is 4.39 Å². The lowest BCUT2D eigenvalue weighted by Gasteiger charge is -2.01. The highest BCUT2D eigenvalue weighted by atomic mass is 19.1. The Morgan fingerprint density at radius 1 is 1.41 bits per heavy atom. The van der Waals surface area contributed by atoms with Crippen LogP contribution in [0, 0.1) is 5.82 Å². The molecule has 0 amide bonds. The number of hydrogen-bond donors (Lipinski definition) is 1. The second-order valence-electron chi connectivity index (χ2n) is 4.08. The van der Waals surface area contributed by atoms with E-state index in [9.17, 15) is 4.39 Å². The molecular weight excluding hydrogens is 217 g/mol. The van der Waals surface area contributed by atoms with Gasteiger partial charge in [-0.3, -0.25) is 0 Å². The number of nitrogens with one attached hydrogen (secondary N) is 1. The minimum atomic E-state index is -0.199. The zero-order valence-electron chi connectivity index (χ0n) is 10.3. The van der Waals surface area contributed by atoms with E-state index in [4.69, 9.17) is 0 Å². The predicted octanol–water partition coefficient (Wildman–Crippen LogP) is 2.54. The summed E-state index contributed by atoms with van der Waals surface area (Å²) in [5.41, 5.74) is 1.41. The fourth-order valence-electron chi connectivity index (χ4n) is 2.00. The van der Waals surface area contributed by atoms with Crippen molar-refractivity contribution in [2.24, 2.45) is 0 Å². The normalized spacial score (nSPS) is 11.2. The third-order valence-corrected chi connectivity index (χ3v) is 2.78. The Balaban J connectivity index is 2.50. The molecule has 0 unspecified atom stereocenters. The van der Waals surface area contributed by atoms with E-state index in [1.54, 1.807) is 6.07 Å². The fraction of sp³-hybridized carbons (Fsp3) is 0.462. The minimum absolute atomic E-state index is 0.199. The lowest BCUT2D eigenvalue weighted by atomic mass is 10.3. The van der Waals surface area contributed by atoms with Gasteiger partial charge in [0.05, 0.1) is 5.69 Å².